The van der Waals surface area contributed by atoms with Crippen LogP contribution in [0.3, 0.4) is 0 Å². The van der Waals surface area contributed by atoms with Crippen LogP contribution >= 0.6 is 0 Å². The van der Waals surface area contributed by atoms with Crippen LogP contribution in [0, 0.1) is 0 Å². The first-order valence-electron chi connectivity index (χ1n) is 8.56. The summed E-state index contributed by atoms with van der Waals surface area (Å²) >= 11 is 0. The number of rotatable bonds is 5. The molecule has 1 aliphatic rings. The van der Waals surface area contributed by atoms with Crippen molar-refractivity contribution >= 4 is 11.8 Å². The van der Waals surface area contributed by atoms with Gasteiger partial charge < -0.3 is 20.5 Å². The van der Waals surface area contributed by atoms with Gasteiger partial charge in [0.05, 0.1) is 5.60 Å². The molecule has 1 aliphatic heterocycles. The summed E-state index contributed by atoms with van der Waals surface area (Å²) in [5, 5.41) is 10.9. The molecular formula is C20H22N2O4. The smallest absolute Gasteiger partial charge is 0.255 e. The van der Waals surface area contributed by atoms with Crippen molar-refractivity contribution in [2.24, 2.45) is 5.73 Å². The van der Waals surface area contributed by atoms with Gasteiger partial charge in [-0.05, 0) is 42.7 Å². The van der Waals surface area contributed by atoms with E-state index in [4.69, 9.17) is 10.5 Å². The lowest BCUT2D eigenvalue weighted by atomic mass is 9.84. The van der Waals surface area contributed by atoms with E-state index in [-0.39, 0.29) is 12.5 Å². The summed E-state index contributed by atoms with van der Waals surface area (Å²) in [6.45, 7) is 0.784. The van der Waals surface area contributed by atoms with Crippen LogP contribution in [-0.4, -0.2) is 41.5 Å². The molecule has 3 N–H and O–H groups in total. The summed E-state index contributed by atoms with van der Waals surface area (Å²) in [6, 6.07) is 16.2. The molecule has 2 amide bonds. The van der Waals surface area contributed by atoms with E-state index in [9.17, 15) is 14.7 Å². The maximum absolute atomic E-state index is 12.7. The second-order valence-corrected chi connectivity index (χ2v) is 6.47. The van der Waals surface area contributed by atoms with E-state index >= 15 is 0 Å². The van der Waals surface area contributed by atoms with Crippen LogP contribution in [0.1, 0.15) is 28.8 Å². The number of likely N-dealkylation sites (tertiary alicyclic amines) is 1. The Kier molecular flexibility index (Phi) is 5.23. The highest BCUT2D eigenvalue weighted by atomic mass is 16.5. The molecule has 0 radical (unpaired) electrons. The van der Waals surface area contributed by atoms with Gasteiger partial charge in [-0.25, -0.2) is 0 Å². The second kappa shape index (κ2) is 7.58. The summed E-state index contributed by atoms with van der Waals surface area (Å²) in [5.41, 5.74) is 5.59. The Balaban J connectivity index is 1.61. The molecule has 1 heterocycles. The highest BCUT2D eigenvalue weighted by Gasteiger charge is 2.35. The number of amides is 2. The van der Waals surface area contributed by atoms with Crippen molar-refractivity contribution in [1.82, 2.24) is 4.90 Å². The van der Waals surface area contributed by atoms with Crippen LogP contribution in [-0.2, 0) is 10.4 Å². The Morgan fingerprint density at radius 3 is 2.23 bits per heavy atom. The normalized spacial score (nSPS) is 16.1. The lowest BCUT2D eigenvalue weighted by Gasteiger charge is -2.38. The maximum atomic E-state index is 12.7. The van der Waals surface area contributed by atoms with Crippen molar-refractivity contribution in [2.45, 2.75) is 18.4 Å². The van der Waals surface area contributed by atoms with Gasteiger partial charge in [0.25, 0.3) is 11.8 Å². The Bertz CT molecular complexity index is 766. The SMILES string of the molecule is NC(=O)COc1ccc(C(=O)N2CCC(O)(c3ccccc3)CC2)cc1. The lowest BCUT2D eigenvalue weighted by Crippen LogP contribution is -2.45. The topological polar surface area (TPSA) is 92.9 Å². The average molecular weight is 354 g/mol. The molecule has 0 unspecified atom stereocenters. The van der Waals surface area contributed by atoms with Gasteiger partial charge in [0.1, 0.15) is 5.75 Å². The molecule has 1 fully saturated rings. The standard InChI is InChI=1S/C20H22N2O4/c21-18(23)14-26-17-8-6-15(7-9-17)19(24)22-12-10-20(25,11-13-22)16-4-2-1-3-5-16/h1-9,25H,10-14H2,(H2,21,23). The Morgan fingerprint density at radius 1 is 1.04 bits per heavy atom. The summed E-state index contributed by atoms with van der Waals surface area (Å²) in [5.74, 6) is -0.150. The number of carbonyl (C=O) groups is 2. The van der Waals surface area contributed by atoms with E-state index in [2.05, 4.69) is 0 Å². The molecule has 136 valence electrons. The number of nitrogens with zero attached hydrogens (tertiary/aromatic N) is 1. The van der Waals surface area contributed by atoms with E-state index < -0.39 is 11.5 Å². The summed E-state index contributed by atoms with van der Waals surface area (Å²) < 4.78 is 5.19. The number of nitrogens with two attached hydrogens (primary N) is 1. The van der Waals surface area contributed by atoms with E-state index in [1.54, 1.807) is 29.2 Å². The van der Waals surface area contributed by atoms with E-state index in [0.29, 0.717) is 37.2 Å². The van der Waals surface area contributed by atoms with Crippen LogP contribution in [0.2, 0.25) is 0 Å². The second-order valence-electron chi connectivity index (χ2n) is 6.47. The molecule has 2 aromatic rings. The van der Waals surface area contributed by atoms with Crippen molar-refractivity contribution in [3.63, 3.8) is 0 Å². The molecule has 0 spiro atoms. The fourth-order valence-corrected chi connectivity index (χ4v) is 3.15. The van der Waals surface area contributed by atoms with Crippen LogP contribution in [0.15, 0.2) is 54.6 Å². The molecular weight excluding hydrogens is 332 g/mol. The van der Waals surface area contributed by atoms with Gasteiger partial charge in [-0.1, -0.05) is 30.3 Å². The summed E-state index contributed by atoms with van der Waals surface area (Å²) in [6.07, 6.45) is 1.01. The minimum Gasteiger partial charge on any atom is -0.484 e. The molecule has 0 aliphatic carbocycles. The molecule has 0 aromatic heterocycles. The van der Waals surface area contributed by atoms with Gasteiger partial charge in [-0.15, -0.1) is 0 Å². The third-order valence-electron chi connectivity index (χ3n) is 4.67. The zero-order valence-corrected chi connectivity index (χ0v) is 14.4. The molecule has 1 saturated heterocycles. The van der Waals surface area contributed by atoms with Crippen LogP contribution in [0.5, 0.6) is 5.75 Å². The first kappa shape index (κ1) is 17.9. The predicted octanol–water partition coefficient (Wildman–Crippen LogP) is 1.67. The average Bonchev–Trinajstić information content (AvgIpc) is 2.67. The van der Waals surface area contributed by atoms with Gasteiger partial charge in [0.15, 0.2) is 6.61 Å². The largest absolute Gasteiger partial charge is 0.484 e. The third kappa shape index (κ3) is 4.03. The number of carbonyl (C=O) groups excluding carboxylic acids is 2. The zero-order chi connectivity index (χ0) is 18.6. The minimum atomic E-state index is -0.884. The summed E-state index contributed by atoms with van der Waals surface area (Å²) in [4.78, 5) is 25.1. The number of hydrogen-bond donors (Lipinski definition) is 2. The molecule has 0 saturated carbocycles. The van der Waals surface area contributed by atoms with Gasteiger partial charge in [0, 0.05) is 18.7 Å². The number of hydrogen-bond acceptors (Lipinski definition) is 4. The lowest BCUT2D eigenvalue weighted by molar-refractivity contribution is -0.119. The fraction of sp³-hybridized carbons (Fsp3) is 0.300. The number of ether oxygens (including phenoxy) is 1. The number of benzene rings is 2. The first-order chi connectivity index (χ1) is 12.5. The predicted molar refractivity (Wildman–Crippen MR) is 96.6 cm³/mol. The van der Waals surface area contributed by atoms with Crippen molar-refractivity contribution in [1.29, 1.82) is 0 Å². The van der Waals surface area contributed by atoms with Crippen LogP contribution in [0.4, 0.5) is 0 Å². The molecule has 3 rings (SSSR count). The van der Waals surface area contributed by atoms with Gasteiger partial charge in [-0.3, -0.25) is 9.59 Å². The van der Waals surface area contributed by atoms with Crippen LogP contribution in [0.25, 0.3) is 0 Å². The number of piperidine rings is 1. The van der Waals surface area contributed by atoms with Crippen molar-refractivity contribution in [3.8, 4) is 5.75 Å². The monoisotopic (exact) mass is 354 g/mol. The molecule has 0 bridgehead atoms. The van der Waals surface area contributed by atoms with Gasteiger partial charge >= 0.3 is 0 Å². The fourth-order valence-electron chi connectivity index (χ4n) is 3.15. The number of aliphatic hydroxyl groups is 1. The highest BCUT2D eigenvalue weighted by Crippen LogP contribution is 2.33. The summed E-state index contributed by atoms with van der Waals surface area (Å²) in [7, 11) is 0. The Morgan fingerprint density at radius 2 is 1.65 bits per heavy atom. The molecule has 6 heteroatoms. The van der Waals surface area contributed by atoms with Gasteiger partial charge in [-0.2, -0.15) is 0 Å². The van der Waals surface area contributed by atoms with E-state index in [1.165, 1.54) is 0 Å². The minimum absolute atomic E-state index is 0.0819. The number of primary amides is 1. The third-order valence-corrected chi connectivity index (χ3v) is 4.67. The van der Waals surface area contributed by atoms with Gasteiger partial charge in [0.2, 0.25) is 0 Å². The molecule has 0 atom stereocenters. The quantitative estimate of drug-likeness (QED) is 0.854. The molecule has 26 heavy (non-hydrogen) atoms. The maximum Gasteiger partial charge on any atom is 0.255 e. The Hall–Kier alpha value is -2.86. The van der Waals surface area contributed by atoms with Crippen LogP contribution < -0.4 is 10.5 Å². The van der Waals surface area contributed by atoms with Crippen molar-refractivity contribution < 1.29 is 19.4 Å². The highest BCUT2D eigenvalue weighted by molar-refractivity contribution is 5.94. The molecule has 6 nitrogen and oxygen atoms in total. The zero-order valence-electron chi connectivity index (χ0n) is 14.4. The first-order valence-corrected chi connectivity index (χ1v) is 8.56. The Labute approximate surface area is 152 Å². The van der Waals surface area contributed by atoms with Crippen molar-refractivity contribution in [2.75, 3.05) is 19.7 Å². The van der Waals surface area contributed by atoms with E-state index in [0.717, 1.165) is 5.56 Å². The molecule has 2 aromatic carbocycles. The van der Waals surface area contributed by atoms with Crippen molar-refractivity contribution in [3.05, 3.63) is 65.7 Å². The van der Waals surface area contributed by atoms with E-state index in [1.807, 2.05) is 30.3 Å².